The van der Waals surface area contributed by atoms with Gasteiger partial charge in [-0.3, -0.25) is 4.98 Å². The van der Waals surface area contributed by atoms with Crippen molar-refractivity contribution >= 4 is 11.0 Å². The number of rotatable bonds is 1. The number of aryl methyl sites for hydroxylation is 1. The van der Waals surface area contributed by atoms with Crippen LogP contribution in [0.4, 0.5) is 0 Å². The van der Waals surface area contributed by atoms with Crippen LogP contribution >= 0.6 is 0 Å². The third-order valence-electron chi connectivity index (χ3n) is 2.92. The molecule has 3 rings (SSSR count). The molecule has 86 valence electrons. The highest BCUT2D eigenvalue weighted by molar-refractivity contribution is 5.86. The molecule has 0 aliphatic heterocycles. The van der Waals surface area contributed by atoms with Gasteiger partial charge in [0.25, 0.3) is 0 Å². The molecule has 0 spiro atoms. The van der Waals surface area contributed by atoms with Crippen molar-refractivity contribution in [1.29, 1.82) is 5.26 Å². The Kier molecular flexibility index (Phi) is 2.31. The highest BCUT2D eigenvalue weighted by Crippen LogP contribution is 2.27. The van der Waals surface area contributed by atoms with E-state index in [4.69, 9.17) is 5.26 Å². The van der Waals surface area contributed by atoms with Crippen LogP contribution in [0.1, 0.15) is 11.3 Å². The largest absolute Gasteiger partial charge is 0.352 e. The minimum absolute atomic E-state index is 0.428. The van der Waals surface area contributed by atoms with E-state index < -0.39 is 0 Å². The quantitative estimate of drug-likeness (QED) is 0.704. The molecule has 0 atom stereocenters. The summed E-state index contributed by atoms with van der Waals surface area (Å²) in [4.78, 5) is 11.9. The second-order valence-corrected chi connectivity index (χ2v) is 4.04. The fourth-order valence-electron chi connectivity index (χ4n) is 2.02. The molecule has 3 heterocycles. The molecule has 4 nitrogen and oxygen atoms in total. The van der Waals surface area contributed by atoms with Crippen molar-refractivity contribution in [2.45, 2.75) is 6.92 Å². The Balaban J connectivity index is 2.27. The topological polar surface area (TPSA) is 65.4 Å². The van der Waals surface area contributed by atoms with Crippen LogP contribution in [-0.4, -0.2) is 15.0 Å². The van der Waals surface area contributed by atoms with E-state index in [0.717, 1.165) is 28.0 Å². The van der Waals surface area contributed by atoms with Gasteiger partial charge in [0.15, 0.2) is 0 Å². The van der Waals surface area contributed by atoms with Crippen molar-refractivity contribution in [3.8, 4) is 17.5 Å². The third kappa shape index (κ3) is 1.54. The Morgan fingerprint density at radius 2 is 2.11 bits per heavy atom. The first-order valence-electron chi connectivity index (χ1n) is 5.60. The number of hydrogen-bond acceptors (Lipinski definition) is 3. The van der Waals surface area contributed by atoms with Gasteiger partial charge in [0, 0.05) is 11.8 Å². The van der Waals surface area contributed by atoms with Gasteiger partial charge in [-0.2, -0.15) is 5.26 Å². The van der Waals surface area contributed by atoms with Gasteiger partial charge in [0.05, 0.1) is 22.4 Å². The van der Waals surface area contributed by atoms with Crippen LogP contribution in [0.15, 0.2) is 36.5 Å². The highest BCUT2D eigenvalue weighted by atomic mass is 14.8. The molecule has 0 fully saturated rings. The van der Waals surface area contributed by atoms with E-state index >= 15 is 0 Å². The molecule has 0 bridgehead atoms. The van der Waals surface area contributed by atoms with E-state index in [1.807, 2.05) is 31.2 Å². The van der Waals surface area contributed by atoms with E-state index in [1.165, 1.54) is 0 Å². The Labute approximate surface area is 104 Å². The molecule has 0 unspecified atom stereocenters. The van der Waals surface area contributed by atoms with Gasteiger partial charge in [0.2, 0.25) is 0 Å². The zero-order valence-corrected chi connectivity index (χ0v) is 9.81. The third-order valence-corrected chi connectivity index (χ3v) is 2.92. The Morgan fingerprint density at radius 1 is 1.22 bits per heavy atom. The average Bonchev–Trinajstić information content (AvgIpc) is 2.77. The molecule has 0 aliphatic rings. The van der Waals surface area contributed by atoms with Crippen molar-refractivity contribution < 1.29 is 0 Å². The van der Waals surface area contributed by atoms with E-state index in [2.05, 4.69) is 21.0 Å². The number of nitriles is 1. The zero-order chi connectivity index (χ0) is 12.5. The summed E-state index contributed by atoms with van der Waals surface area (Å²) in [6.45, 7) is 1.98. The second-order valence-electron chi connectivity index (χ2n) is 4.04. The maximum Gasteiger partial charge on any atom is 0.141 e. The molecule has 0 amide bonds. The van der Waals surface area contributed by atoms with Crippen LogP contribution in [0.2, 0.25) is 0 Å². The van der Waals surface area contributed by atoms with Gasteiger partial charge in [-0.25, -0.2) is 4.98 Å². The normalized spacial score (nSPS) is 10.4. The summed E-state index contributed by atoms with van der Waals surface area (Å²) in [5, 5.41) is 8.88. The highest BCUT2D eigenvalue weighted by Gasteiger charge is 2.11. The van der Waals surface area contributed by atoms with E-state index in [0.29, 0.717) is 5.69 Å². The number of H-pyrrole nitrogens is 1. The Morgan fingerprint density at radius 3 is 2.83 bits per heavy atom. The molecule has 3 aromatic heterocycles. The summed E-state index contributed by atoms with van der Waals surface area (Å²) in [6.07, 6.45) is 1.76. The lowest BCUT2D eigenvalue weighted by Crippen LogP contribution is -1.84. The molecule has 4 heteroatoms. The van der Waals surface area contributed by atoms with Crippen molar-refractivity contribution in [3.05, 3.63) is 47.8 Å². The average molecular weight is 234 g/mol. The monoisotopic (exact) mass is 234 g/mol. The number of nitrogens with zero attached hydrogens (tertiary/aromatic N) is 3. The molecular weight excluding hydrogens is 224 g/mol. The minimum Gasteiger partial charge on any atom is -0.352 e. The summed E-state index contributed by atoms with van der Waals surface area (Å²) >= 11 is 0. The van der Waals surface area contributed by atoms with E-state index in [-0.39, 0.29) is 0 Å². The minimum atomic E-state index is 0.428. The number of aromatic amines is 1. The number of hydrogen-bond donors (Lipinski definition) is 1. The maximum absolute atomic E-state index is 8.88. The fourth-order valence-corrected chi connectivity index (χ4v) is 2.02. The van der Waals surface area contributed by atoms with Crippen molar-refractivity contribution in [1.82, 2.24) is 15.0 Å². The van der Waals surface area contributed by atoms with Crippen LogP contribution in [-0.2, 0) is 0 Å². The molecule has 0 saturated heterocycles. The van der Waals surface area contributed by atoms with Crippen LogP contribution in [0, 0.1) is 18.3 Å². The van der Waals surface area contributed by atoms with Crippen LogP contribution in [0.25, 0.3) is 22.4 Å². The predicted molar refractivity (Wildman–Crippen MR) is 68.8 cm³/mol. The maximum atomic E-state index is 8.88. The number of aromatic nitrogens is 3. The molecule has 0 radical (unpaired) electrons. The van der Waals surface area contributed by atoms with E-state index in [9.17, 15) is 0 Å². The number of pyridine rings is 2. The van der Waals surface area contributed by atoms with Gasteiger partial charge in [-0.15, -0.1) is 0 Å². The summed E-state index contributed by atoms with van der Waals surface area (Å²) in [7, 11) is 0. The SMILES string of the molecule is Cc1c(-c2ccccn2)[nH]c2ccc(C#N)nc12. The zero-order valence-electron chi connectivity index (χ0n) is 9.81. The first kappa shape index (κ1) is 10.5. The predicted octanol–water partition coefficient (Wildman–Crippen LogP) is 2.81. The number of nitrogens with one attached hydrogen (secondary N) is 1. The van der Waals surface area contributed by atoms with Crippen molar-refractivity contribution in [3.63, 3.8) is 0 Å². The van der Waals surface area contributed by atoms with Gasteiger partial charge < -0.3 is 4.98 Å². The van der Waals surface area contributed by atoms with Crippen molar-refractivity contribution in [2.24, 2.45) is 0 Å². The molecule has 0 aromatic carbocycles. The first-order valence-corrected chi connectivity index (χ1v) is 5.60. The van der Waals surface area contributed by atoms with Gasteiger partial charge in [-0.1, -0.05) is 6.07 Å². The standard InChI is InChI=1S/C14H10N4/c1-9-13(11-4-2-3-7-16-11)18-12-6-5-10(8-15)17-14(9)12/h2-7,18H,1H3. The summed E-state index contributed by atoms with van der Waals surface area (Å²) < 4.78 is 0. The van der Waals surface area contributed by atoms with Gasteiger partial charge in [0.1, 0.15) is 11.8 Å². The van der Waals surface area contributed by atoms with Crippen molar-refractivity contribution in [2.75, 3.05) is 0 Å². The Hall–Kier alpha value is -2.67. The first-order chi connectivity index (χ1) is 8.79. The lowest BCUT2D eigenvalue weighted by molar-refractivity contribution is 1.27. The van der Waals surface area contributed by atoms with Crippen LogP contribution in [0.3, 0.4) is 0 Å². The molecule has 0 aliphatic carbocycles. The van der Waals surface area contributed by atoms with E-state index in [1.54, 1.807) is 12.3 Å². The lowest BCUT2D eigenvalue weighted by Gasteiger charge is -1.97. The fraction of sp³-hybridized carbons (Fsp3) is 0.0714. The van der Waals surface area contributed by atoms with Gasteiger partial charge in [-0.05, 0) is 31.2 Å². The molecule has 3 aromatic rings. The smallest absolute Gasteiger partial charge is 0.141 e. The summed E-state index contributed by atoms with van der Waals surface area (Å²) in [5.41, 5.74) is 5.03. The summed E-state index contributed by atoms with van der Waals surface area (Å²) in [5.74, 6) is 0. The molecule has 18 heavy (non-hydrogen) atoms. The van der Waals surface area contributed by atoms with Gasteiger partial charge >= 0.3 is 0 Å². The Bertz CT molecular complexity index is 751. The van der Waals surface area contributed by atoms with Crippen LogP contribution in [0.5, 0.6) is 0 Å². The van der Waals surface area contributed by atoms with Crippen LogP contribution < -0.4 is 0 Å². The summed E-state index contributed by atoms with van der Waals surface area (Å²) in [6, 6.07) is 11.4. The second kappa shape index (κ2) is 3.97. The number of fused-ring (bicyclic) bond motifs is 1. The lowest BCUT2D eigenvalue weighted by atomic mass is 10.2. The molecule has 0 saturated carbocycles. The molecular formula is C14H10N4. The molecule has 1 N–H and O–H groups in total.